The number of hydrogen-bond acceptors (Lipinski definition) is 13. The number of aliphatic hydroxyl groups is 4. The zero-order valence-corrected chi connectivity index (χ0v) is 37.6. The first-order valence-corrected chi connectivity index (χ1v) is 24.0. The van der Waals surface area contributed by atoms with Crippen LogP contribution in [0.2, 0.25) is 0 Å². The van der Waals surface area contributed by atoms with E-state index in [0.29, 0.717) is 58.7 Å². The Labute approximate surface area is 364 Å². The highest BCUT2D eigenvalue weighted by Crippen LogP contribution is 2.48. The molecule has 0 bridgehead atoms. The van der Waals surface area contributed by atoms with E-state index < -0.39 is 68.4 Å². The molecular weight excluding hydrogens is 845 g/mol. The van der Waals surface area contributed by atoms with Crippen LogP contribution < -0.4 is 4.90 Å². The first kappa shape index (κ1) is 47.9. The van der Waals surface area contributed by atoms with Crippen molar-refractivity contribution in [3.63, 3.8) is 0 Å². The third-order valence-electron chi connectivity index (χ3n) is 12.7. The monoisotopic (exact) mass is 905 g/mol. The summed E-state index contributed by atoms with van der Waals surface area (Å²) in [5, 5.41) is 39.6. The lowest BCUT2D eigenvalue weighted by Gasteiger charge is -2.40. The number of piperazine rings is 1. The Bertz CT molecular complexity index is 2300. The van der Waals surface area contributed by atoms with Crippen LogP contribution in [0.25, 0.3) is 0 Å². The number of anilines is 1. The Morgan fingerprint density at radius 2 is 1.52 bits per heavy atom. The second-order valence-corrected chi connectivity index (χ2v) is 20.2. The molecule has 0 saturated carbocycles. The number of rotatable bonds is 16. The number of aliphatic hydroxyl groups excluding tert-OH is 4. The van der Waals surface area contributed by atoms with Crippen LogP contribution in [0.1, 0.15) is 71.4 Å². The quantitative estimate of drug-likeness (QED) is 0.0806. The van der Waals surface area contributed by atoms with Crippen molar-refractivity contribution in [3.8, 4) is 0 Å². The first-order chi connectivity index (χ1) is 29.1. The number of hydrogen-bond donors (Lipinski definition) is 6. The predicted molar refractivity (Wildman–Crippen MR) is 230 cm³/mol. The van der Waals surface area contributed by atoms with Gasteiger partial charge in [-0.1, -0.05) is 19.9 Å². The van der Waals surface area contributed by atoms with E-state index in [1.165, 1.54) is 24.3 Å². The van der Waals surface area contributed by atoms with Gasteiger partial charge in [-0.15, -0.1) is 0 Å². The smallest absolute Gasteiger partial charge is 0.294 e. The Hall–Kier alpha value is -3.60. The van der Waals surface area contributed by atoms with Crippen LogP contribution in [0.4, 0.5) is 11.4 Å². The number of ether oxygens (including phenoxy) is 2. The van der Waals surface area contributed by atoms with E-state index in [-0.39, 0.29) is 22.3 Å². The maximum Gasteiger partial charge on any atom is 0.294 e. The van der Waals surface area contributed by atoms with Gasteiger partial charge in [0.1, 0.15) is 31.0 Å². The maximum absolute atomic E-state index is 13.2. The molecule has 5 atom stereocenters. The number of carbonyl (C=O) groups excluding carboxylic acids is 1. The van der Waals surface area contributed by atoms with Gasteiger partial charge in [-0.05, 0) is 75.6 Å². The van der Waals surface area contributed by atoms with Crippen LogP contribution in [0.3, 0.4) is 0 Å². The predicted octanol–water partition coefficient (Wildman–Crippen LogP) is 2.34. The number of nitrogens with zero attached hydrogens (tertiary/aromatic N) is 4. The Morgan fingerprint density at radius 1 is 0.871 bits per heavy atom. The molecule has 0 spiro atoms. The normalized spacial score (nSPS) is 25.9. The topological polar surface area (TPSA) is 238 Å². The highest BCUT2D eigenvalue weighted by atomic mass is 32.2. The van der Waals surface area contributed by atoms with Crippen molar-refractivity contribution in [2.24, 2.45) is 0 Å². The highest BCUT2D eigenvalue weighted by Gasteiger charge is 2.46. The minimum atomic E-state index is -4.45. The van der Waals surface area contributed by atoms with Crippen molar-refractivity contribution in [1.29, 1.82) is 0 Å². The molecule has 342 valence electrons. The Kier molecular flexibility index (Phi) is 14.6. The van der Waals surface area contributed by atoms with Crippen molar-refractivity contribution in [1.82, 2.24) is 9.80 Å². The van der Waals surface area contributed by atoms with E-state index >= 15 is 0 Å². The third-order valence-corrected chi connectivity index (χ3v) is 14.4. The zero-order chi connectivity index (χ0) is 45.4. The minimum absolute atomic E-state index is 0.0724. The number of unbranched alkanes of at least 4 members (excludes halogenated alkanes) is 2. The van der Waals surface area contributed by atoms with Gasteiger partial charge in [0, 0.05) is 86.6 Å². The van der Waals surface area contributed by atoms with Gasteiger partial charge in [0.25, 0.3) is 20.2 Å². The standard InChI is InChI=1S/C43H60N4O13S2/c1-6-46-32-16-14-28(61(53,54)55)25-30(32)42(2,3)35(46)11-10-12-36-43(4,5)31-26-29(62(56,57)58)15-17-33(31)47(36)18-9-7-8-13-37(49)45-21-19-44(20-22-45)23-24-59-41-40(52)39(51)38(50)34(27-48)60-41/h10-12,14-17,25-26,34,38-41,48,50-52H,6-9,13,18-24,27H2,1-5H3,(H-,53,54,55,56,57,58)/p+1/t34-,38-,39+,40-,41+/m1/s1. The lowest BCUT2D eigenvalue weighted by molar-refractivity contribution is -0.438. The highest BCUT2D eigenvalue weighted by molar-refractivity contribution is 7.86. The van der Waals surface area contributed by atoms with Crippen LogP contribution in [0, 0.1) is 0 Å². The number of benzene rings is 2. The molecular formula is C43H61N4O13S2+. The Balaban J connectivity index is 1.07. The molecule has 0 unspecified atom stereocenters. The van der Waals surface area contributed by atoms with Crippen LogP contribution in [-0.2, 0) is 45.3 Å². The summed E-state index contributed by atoms with van der Waals surface area (Å²) in [6, 6.07) is 9.26. The zero-order valence-electron chi connectivity index (χ0n) is 35.9. The Morgan fingerprint density at radius 3 is 2.15 bits per heavy atom. The molecule has 2 fully saturated rings. The molecule has 4 aliphatic heterocycles. The van der Waals surface area contributed by atoms with E-state index in [1.54, 1.807) is 12.1 Å². The van der Waals surface area contributed by atoms with E-state index in [9.17, 15) is 51.2 Å². The second kappa shape index (κ2) is 18.9. The van der Waals surface area contributed by atoms with Gasteiger partial charge >= 0.3 is 0 Å². The average molecular weight is 906 g/mol. The van der Waals surface area contributed by atoms with Crippen molar-refractivity contribution in [3.05, 3.63) is 71.5 Å². The van der Waals surface area contributed by atoms with Crippen molar-refractivity contribution < 1.29 is 65.2 Å². The molecule has 4 heterocycles. The molecule has 0 radical (unpaired) electrons. The largest absolute Gasteiger partial charge is 0.394 e. The van der Waals surface area contributed by atoms with Crippen LogP contribution in [0.5, 0.6) is 0 Å². The fourth-order valence-corrected chi connectivity index (χ4v) is 10.1. The molecule has 2 saturated heterocycles. The fourth-order valence-electron chi connectivity index (χ4n) is 9.05. The molecule has 6 rings (SSSR count). The van der Waals surface area contributed by atoms with E-state index in [1.807, 2.05) is 57.7 Å². The molecule has 0 aliphatic carbocycles. The number of amides is 1. The number of allylic oxidation sites excluding steroid dienone is 4. The molecule has 19 heteroatoms. The maximum atomic E-state index is 13.2. The molecule has 6 N–H and O–H groups in total. The summed E-state index contributed by atoms with van der Waals surface area (Å²) < 4.78 is 81.1. The summed E-state index contributed by atoms with van der Waals surface area (Å²) in [4.78, 5) is 18.9. The summed E-state index contributed by atoms with van der Waals surface area (Å²) in [6.45, 7) is 13.7. The minimum Gasteiger partial charge on any atom is -0.394 e. The summed E-state index contributed by atoms with van der Waals surface area (Å²) in [6.07, 6.45) is 1.87. The molecule has 2 aromatic rings. The van der Waals surface area contributed by atoms with Gasteiger partial charge in [0.2, 0.25) is 11.6 Å². The van der Waals surface area contributed by atoms with Crippen molar-refractivity contribution in [2.75, 3.05) is 63.9 Å². The summed E-state index contributed by atoms with van der Waals surface area (Å²) in [7, 11) is -8.85. The fraction of sp³-hybridized carbons (Fsp3) is 0.581. The lowest BCUT2D eigenvalue weighted by atomic mass is 9.81. The van der Waals surface area contributed by atoms with Gasteiger partial charge in [-0.2, -0.15) is 21.4 Å². The summed E-state index contributed by atoms with van der Waals surface area (Å²) in [5.41, 5.74) is 3.78. The average Bonchev–Trinajstić information content (AvgIpc) is 3.57. The molecule has 62 heavy (non-hydrogen) atoms. The van der Waals surface area contributed by atoms with Gasteiger partial charge in [-0.3, -0.25) is 18.8 Å². The molecule has 1 amide bonds. The van der Waals surface area contributed by atoms with Gasteiger partial charge in [0.05, 0.1) is 28.4 Å². The number of fused-ring (bicyclic) bond motifs is 2. The van der Waals surface area contributed by atoms with Crippen LogP contribution >= 0.6 is 0 Å². The van der Waals surface area contributed by atoms with Crippen LogP contribution in [-0.4, -0.2) is 162 Å². The van der Waals surface area contributed by atoms with Gasteiger partial charge in [0.15, 0.2) is 12.0 Å². The van der Waals surface area contributed by atoms with E-state index in [2.05, 4.69) is 14.4 Å². The summed E-state index contributed by atoms with van der Waals surface area (Å²) in [5.74, 6) is 0.0724. The number of likely N-dealkylation sites (N-methyl/N-ethyl adjacent to an activating group) is 1. The van der Waals surface area contributed by atoms with Crippen molar-refractivity contribution in [2.45, 2.75) is 112 Å². The van der Waals surface area contributed by atoms with Gasteiger partial charge in [-0.25, -0.2) is 0 Å². The first-order valence-electron chi connectivity index (χ1n) is 21.1. The number of carbonyl (C=O) groups is 1. The van der Waals surface area contributed by atoms with Gasteiger partial charge < -0.3 is 39.7 Å². The molecule has 4 aliphatic rings. The molecule has 0 aromatic heterocycles. The second-order valence-electron chi connectivity index (χ2n) is 17.4. The van der Waals surface area contributed by atoms with Crippen molar-refractivity contribution >= 4 is 43.2 Å². The molecule has 2 aromatic carbocycles. The SMILES string of the molecule is CCN1C(=CC=CC2=[N+](CCCCCC(=O)N3CCN(CCO[C@H]4O[C@H](CO)[C@@H](O)[C@H](O)[C@H]4O)CC3)c3ccc(S(=O)(=O)O)cc3C2(C)C)C(C)(C)c2cc(S(=O)(=O)O)ccc21. The van der Waals surface area contributed by atoms with E-state index in [4.69, 9.17) is 9.47 Å². The summed E-state index contributed by atoms with van der Waals surface area (Å²) >= 11 is 0. The third kappa shape index (κ3) is 9.87. The lowest BCUT2D eigenvalue weighted by Crippen LogP contribution is -2.59. The molecule has 17 nitrogen and oxygen atoms in total. The van der Waals surface area contributed by atoms with E-state index in [0.717, 1.165) is 46.8 Å². The van der Waals surface area contributed by atoms with Crippen LogP contribution in [0.15, 0.2) is 70.1 Å².